The van der Waals surface area contributed by atoms with Crippen LogP contribution in [0, 0.1) is 0 Å². The van der Waals surface area contributed by atoms with Gasteiger partial charge in [-0.3, -0.25) is 4.79 Å². The maximum absolute atomic E-state index is 10.1. The van der Waals surface area contributed by atoms with Gasteiger partial charge in [-0.15, -0.1) is 0 Å². The first-order valence-corrected chi connectivity index (χ1v) is 3.43. The zero-order valence-corrected chi connectivity index (χ0v) is 6.32. The van der Waals surface area contributed by atoms with Crippen LogP contribution < -0.4 is 5.32 Å². The second-order valence-corrected chi connectivity index (χ2v) is 2.30. The minimum Gasteiger partial charge on any atom is -0.508 e. The number of benzene rings is 1. The fourth-order valence-corrected chi connectivity index (χ4v) is 0.794. The Kier molecular flexibility index (Phi) is 2.53. The molecule has 0 bridgehead atoms. The van der Waals surface area contributed by atoms with Crippen molar-refractivity contribution >= 4 is 11.7 Å². The number of carbonyl (C=O) groups is 1. The lowest BCUT2D eigenvalue weighted by Gasteiger charge is -2.02. The second kappa shape index (κ2) is 3.61. The number of phenolic OH excluding ortho intramolecular Hbond substituents is 1. The standard InChI is InChI=1S/C8H9NO3/c10-7-3-1-2-6(4-7)9-5-8(11)12/h1-4,9-10H,5H2,(H,11,12). The Bertz CT molecular complexity index is 285. The van der Waals surface area contributed by atoms with E-state index in [2.05, 4.69) is 5.32 Å². The van der Waals surface area contributed by atoms with Gasteiger partial charge in [0.2, 0.25) is 0 Å². The Morgan fingerprint density at radius 1 is 1.50 bits per heavy atom. The molecule has 3 N–H and O–H groups in total. The van der Waals surface area contributed by atoms with E-state index in [1.807, 2.05) is 0 Å². The van der Waals surface area contributed by atoms with Gasteiger partial charge < -0.3 is 15.5 Å². The van der Waals surface area contributed by atoms with Gasteiger partial charge in [-0.25, -0.2) is 0 Å². The number of nitrogens with one attached hydrogen (secondary N) is 1. The summed E-state index contributed by atoms with van der Waals surface area (Å²) in [5.41, 5.74) is 0.595. The number of carboxylic acids is 1. The van der Waals surface area contributed by atoms with E-state index < -0.39 is 5.97 Å². The third kappa shape index (κ3) is 2.49. The van der Waals surface area contributed by atoms with Crippen LogP contribution in [0.1, 0.15) is 0 Å². The molecule has 0 amide bonds. The summed E-state index contributed by atoms with van der Waals surface area (Å²) in [5.74, 6) is -0.816. The molecule has 12 heavy (non-hydrogen) atoms. The van der Waals surface area contributed by atoms with Gasteiger partial charge in [0, 0.05) is 11.8 Å². The summed E-state index contributed by atoms with van der Waals surface area (Å²) >= 11 is 0. The number of hydrogen-bond donors (Lipinski definition) is 3. The largest absolute Gasteiger partial charge is 0.508 e. The van der Waals surface area contributed by atoms with Gasteiger partial charge in [0.05, 0.1) is 0 Å². The number of rotatable bonds is 3. The molecule has 0 saturated heterocycles. The van der Waals surface area contributed by atoms with Crippen LogP contribution in [0.5, 0.6) is 5.75 Å². The summed E-state index contributed by atoms with van der Waals surface area (Å²) in [6, 6.07) is 6.30. The Morgan fingerprint density at radius 2 is 2.25 bits per heavy atom. The summed E-state index contributed by atoms with van der Waals surface area (Å²) < 4.78 is 0. The molecule has 0 aliphatic carbocycles. The average Bonchev–Trinajstić information content (AvgIpc) is 2.01. The lowest BCUT2D eigenvalue weighted by molar-refractivity contribution is -0.134. The third-order valence-electron chi connectivity index (χ3n) is 1.29. The van der Waals surface area contributed by atoms with E-state index in [0.29, 0.717) is 5.69 Å². The number of carboxylic acid groups (broad SMARTS) is 1. The molecule has 0 atom stereocenters. The molecule has 1 rings (SSSR count). The molecule has 0 aliphatic heterocycles. The smallest absolute Gasteiger partial charge is 0.322 e. The number of hydrogen-bond acceptors (Lipinski definition) is 3. The molecule has 0 heterocycles. The summed E-state index contributed by atoms with van der Waals surface area (Å²) in [4.78, 5) is 10.1. The Morgan fingerprint density at radius 3 is 2.83 bits per heavy atom. The van der Waals surface area contributed by atoms with Gasteiger partial charge in [0.25, 0.3) is 0 Å². The summed E-state index contributed by atoms with van der Waals surface area (Å²) in [5, 5.41) is 19.9. The predicted octanol–water partition coefficient (Wildman–Crippen LogP) is 0.889. The zero-order valence-electron chi connectivity index (χ0n) is 6.32. The van der Waals surface area contributed by atoms with E-state index in [0.717, 1.165) is 0 Å². The van der Waals surface area contributed by atoms with Crippen molar-refractivity contribution in [1.82, 2.24) is 0 Å². The topological polar surface area (TPSA) is 69.6 Å². The highest BCUT2D eigenvalue weighted by atomic mass is 16.4. The minimum absolute atomic E-state index is 0.116. The average molecular weight is 167 g/mol. The lowest BCUT2D eigenvalue weighted by atomic mass is 10.3. The molecule has 0 aromatic heterocycles. The van der Waals surface area contributed by atoms with Gasteiger partial charge in [0.1, 0.15) is 12.3 Å². The Balaban J connectivity index is 2.57. The number of aromatic hydroxyl groups is 1. The minimum atomic E-state index is -0.932. The molecule has 4 heteroatoms. The monoisotopic (exact) mass is 167 g/mol. The van der Waals surface area contributed by atoms with E-state index in [9.17, 15) is 4.79 Å². The van der Waals surface area contributed by atoms with Crippen LogP contribution in [-0.4, -0.2) is 22.7 Å². The highest BCUT2D eigenvalue weighted by molar-refractivity contribution is 5.72. The first-order valence-electron chi connectivity index (χ1n) is 3.43. The maximum atomic E-state index is 10.1. The third-order valence-corrected chi connectivity index (χ3v) is 1.29. The van der Waals surface area contributed by atoms with Crippen molar-refractivity contribution in [1.29, 1.82) is 0 Å². The first-order chi connectivity index (χ1) is 5.68. The van der Waals surface area contributed by atoms with Crippen LogP contribution in [0.2, 0.25) is 0 Å². The molecule has 0 unspecified atom stereocenters. The van der Waals surface area contributed by atoms with Crippen LogP contribution in [0.15, 0.2) is 24.3 Å². The molecular formula is C8H9NO3. The van der Waals surface area contributed by atoms with Gasteiger partial charge in [-0.2, -0.15) is 0 Å². The lowest BCUT2D eigenvalue weighted by Crippen LogP contribution is -2.11. The van der Waals surface area contributed by atoms with Gasteiger partial charge in [-0.05, 0) is 12.1 Å². The highest BCUT2D eigenvalue weighted by Crippen LogP contribution is 2.14. The predicted molar refractivity (Wildman–Crippen MR) is 44.2 cm³/mol. The molecular weight excluding hydrogens is 158 g/mol. The fourth-order valence-electron chi connectivity index (χ4n) is 0.794. The molecule has 0 spiro atoms. The quantitative estimate of drug-likeness (QED) is 0.625. The van der Waals surface area contributed by atoms with Crippen LogP contribution in [-0.2, 0) is 4.79 Å². The molecule has 0 fully saturated rings. The maximum Gasteiger partial charge on any atom is 0.322 e. The van der Waals surface area contributed by atoms with Crippen molar-refractivity contribution in [3.63, 3.8) is 0 Å². The summed E-state index contributed by atoms with van der Waals surface area (Å²) in [6.07, 6.45) is 0. The van der Waals surface area contributed by atoms with Crippen molar-refractivity contribution in [2.75, 3.05) is 11.9 Å². The molecule has 0 saturated carbocycles. The van der Waals surface area contributed by atoms with Crippen molar-refractivity contribution in [2.24, 2.45) is 0 Å². The Hall–Kier alpha value is -1.71. The molecule has 0 aliphatic rings. The van der Waals surface area contributed by atoms with Crippen LogP contribution in [0.25, 0.3) is 0 Å². The van der Waals surface area contributed by atoms with E-state index in [1.54, 1.807) is 12.1 Å². The summed E-state index contributed by atoms with van der Waals surface area (Å²) in [6.45, 7) is -0.149. The molecule has 4 nitrogen and oxygen atoms in total. The van der Waals surface area contributed by atoms with Crippen LogP contribution in [0.4, 0.5) is 5.69 Å². The number of anilines is 1. The van der Waals surface area contributed by atoms with E-state index >= 15 is 0 Å². The molecule has 0 radical (unpaired) electrons. The van der Waals surface area contributed by atoms with E-state index in [1.165, 1.54) is 12.1 Å². The number of phenols is 1. The fraction of sp³-hybridized carbons (Fsp3) is 0.125. The van der Waals surface area contributed by atoms with Crippen molar-refractivity contribution < 1.29 is 15.0 Å². The molecule has 64 valence electrons. The highest BCUT2D eigenvalue weighted by Gasteiger charge is 1.96. The van der Waals surface area contributed by atoms with Gasteiger partial charge in [-0.1, -0.05) is 6.07 Å². The SMILES string of the molecule is O=C(O)CNc1cccc(O)c1. The molecule has 1 aromatic rings. The van der Waals surface area contributed by atoms with Crippen molar-refractivity contribution in [3.8, 4) is 5.75 Å². The van der Waals surface area contributed by atoms with Crippen molar-refractivity contribution in [2.45, 2.75) is 0 Å². The van der Waals surface area contributed by atoms with Crippen LogP contribution >= 0.6 is 0 Å². The van der Waals surface area contributed by atoms with Gasteiger partial charge in [0.15, 0.2) is 0 Å². The van der Waals surface area contributed by atoms with Crippen molar-refractivity contribution in [3.05, 3.63) is 24.3 Å². The second-order valence-electron chi connectivity index (χ2n) is 2.30. The number of aliphatic carboxylic acids is 1. The van der Waals surface area contributed by atoms with Gasteiger partial charge >= 0.3 is 5.97 Å². The molecule has 1 aromatic carbocycles. The van der Waals surface area contributed by atoms with E-state index in [4.69, 9.17) is 10.2 Å². The first kappa shape index (κ1) is 8.39. The summed E-state index contributed by atoms with van der Waals surface area (Å²) in [7, 11) is 0. The zero-order chi connectivity index (χ0) is 8.97. The van der Waals surface area contributed by atoms with Crippen LogP contribution in [0.3, 0.4) is 0 Å². The van der Waals surface area contributed by atoms with E-state index in [-0.39, 0.29) is 12.3 Å². The normalized spacial score (nSPS) is 9.33. The Labute approximate surface area is 69.5 Å².